The van der Waals surface area contributed by atoms with E-state index in [1.165, 1.54) is 0 Å². The number of carbonyl (C=O) groups is 1. The number of hydrogen-bond acceptors (Lipinski definition) is 4. The van der Waals surface area contributed by atoms with E-state index in [4.69, 9.17) is 9.05 Å². The second-order valence-corrected chi connectivity index (χ2v) is 8.40. The molecule has 0 radical (unpaired) electrons. The highest BCUT2D eigenvalue weighted by Crippen LogP contribution is 2.54. The average molecular weight is 390 g/mol. The number of carboxylic acid groups (broad SMARTS) is 1. The zero-order chi connectivity index (χ0) is 19.7. The van der Waals surface area contributed by atoms with Gasteiger partial charge in [-0.1, -0.05) is 54.6 Å². The minimum Gasteiger partial charge on any atom is -0.481 e. The van der Waals surface area contributed by atoms with E-state index in [9.17, 15) is 14.5 Å². The summed E-state index contributed by atoms with van der Waals surface area (Å²) in [5, 5.41) is 9.49. The van der Waals surface area contributed by atoms with Gasteiger partial charge in [-0.3, -0.25) is 9.36 Å². The lowest BCUT2D eigenvalue weighted by Gasteiger charge is -2.23. The third-order valence-corrected chi connectivity index (χ3v) is 6.77. The minimum atomic E-state index is -3.65. The largest absolute Gasteiger partial charge is 0.481 e. The molecule has 0 bridgehead atoms. The molecular formula is C21H27O5P. The van der Waals surface area contributed by atoms with Crippen LogP contribution in [0.4, 0.5) is 0 Å². The highest BCUT2D eigenvalue weighted by molar-refractivity contribution is 7.55. The van der Waals surface area contributed by atoms with Gasteiger partial charge in [-0.05, 0) is 49.8 Å². The van der Waals surface area contributed by atoms with Gasteiger partial charge in [-0.15, -0.1) is 0 Å². The predicted molar refractivity (Wildman–Crippen MR) is 107 cm³/mol. The van der Waals surface area contributed by atoms with Crippen LogP contribution in [0.3, 0.4) is 0 Å². The molecule has 2 rings (SSSR count). The molecule has 0 saturated carbocycles. The summed E-state index contributed by atoms with van der Waals surface area (Å²) in [6.07, 6.45) is 1.54. The Kier molecular flexibility index (Phi) is 8.23. The first-order chi connectivity index (χ1) is 13.0. The van der Waals surface area contributed by atoms with Crippen LogP contribution < -0.4 is 0 Å². The Labute approximate surface area is 160 Å². The van der Waals surface area contributed by atoms with Gasteiger partial charge in [-0.25, -0.2) is 0 Å². The lowest BCUT2D eigenvalue weighted by molar-refractivity contribution is -0.137. The molecule has 27 heavy (non-hydrogen) atoms. The molecule has 6 heteroatoms. The zero-order valence-electron chi connectivity index (χ0n) is 15.8. The van der Waals surface area contributed by atoms with E-state index in [1.54, 1.807) is 13.8 Å². The summed E-state index contributed by atoms with van der Waals surface area (Å²) in [6, 6.07) is 18.3. The molecule has 0 aromatic heterocycles. The number of benzene rings is 2. The van der Waals surface area contributed by atoms with E-state index in [0.29, 0.717) is 12.8 Å². The average Bonchev–Trinajstić information content (AvgIpc) is 2.66. The van der Waals surface area contributed by atoms with E-state index in [0.717, 1.165) is 16.7 Å². The Morgan fingerprint density at radius 3 is 2.04 bits per heavy atom. The molecule has 2 aromatic rings. The van der Waals surface area contributed by atoms with Crippen molar-refractivity contribution >= 4 is 13.6 Å². The molecule has 0 aliphatic heterocycles. The molecule has 2 aromatic carbocycles. The van der Waals surface area contributed by atoms with Gasteiger partial charge in [0.15, 0.2) is 5.66 Å². The van der Waals surface area contributed by atoms with Crippen molar-refractivity contribution in [1.82, 2.24) is 0 Å². The van der Waals surface area contributed by atoms with Crippen LogP contribution in [0.25, 0.3) is 11.1 Å². The smallest absolute Gasteiger partial charge is 0.344 e. The first kappa shape index (κ1) is 21.4. The number of rotatable bonds is 11. The maximum absolute atomic E-state index is 12.8. The van der Waals surface area contributed by atoms with Gasteiger partial charge in [-0.2, -0.15) is 0 Å². The van der Waals surface area contributed by atoms with Crippen LogP contribution >= 0.6 is 7.60 Å². The highest BCUT2D eigenvalue weighted by Gasteiger charge is 2.40. The van der Waals surface area contributed by atoms with Gasteiger partial charge in [0.25, 0.3) is 0 Å². The summed E-state index contributed by atoms with van der Waals surface area (Å²) >= 11 is 0. The highest BCUT2D eigenvalue weighted by atomic mass is 31.2. The Morgan fingerprint density at radius 1 is 0.963 bits per heavy atom. The first-order valence-corrected chi connectivity index (χ1v) is 10.9. The van der Waals surface area contributed by atoms with Crippen LogP contribution in [0.5, 0.6) is 0 Å². The molecule has 0 fully saturated rings. The Bertz CT molecular complexity index is 748. The molecule has 0 spiro atoms. The van der Waals surface area contributed by atoms with Gasteiger partial charge in [0.2, 0.25) is 0 Å². The molecule has 0 heterocycles. The molecule has 0 saturated heterocycles. The minimum absolute atomic E-state index is 0.155. The number of aliphatic carboxylic acids is 1. The Balaban J connectivity index is 1.98. The summed E-state index contributed by atoms with van der Waals surface area (Å²) in [5.74, 6) is -1.14. The van der Waals surface area contributed by atoms with Crippen LogP contribution in [-0.2, 0) is 24.8 Å². The van der Waals surface area contributed by atoms with Crippen LogP contribution in [0.15, 0.2) is 54.6 Å². The van der Waals surface area contributed by atoms with E-state index >= 15 is 0 Å². The quantitative estimate of drug-likeness (QED) is 0.521. The number of carboxylic acids is 1. The molecular weight excluding hydrogens is 363 g/mol. The molecule has 146 valence electrons. The Morgan fingerprint density at radius 2 is 1.52 bits per heavy atom. The molecule has 0 amide bonds. The van der Waals surface area contributed by atoms with Crippen molar-refractivity contribution in [3.8, 4) is 11.1 Å². The summed E-state index contributed by atoms with van der Waals surface area (Å²) in [4.78, 5) is 11.6. The van der Waals surface area contributed by atoms with Gasteiger partial charge in [0, 0.05) is 0 Å². The molecule has 5 nitrogen and oxygen atoms in total. The number of aryl methyl sites for hydroxylation is 1. The zero-order valence-corrected chi connectivity index (χ0v) is 16.7. The van der Waals surface area contributed by atoms with Crippen molar-refractivity contribution in [1.29, 1.82) is 0 Å². The fraction of sp³-hybridized carbons (Fsp3) is 0.381. The molecule has 0 aliphatic carbocycles. The molecule has 1 unspecified atom stereocenters. The van der Waals surface area contributed by atoms with Crippen LogP contribution in [0.1, 0.15) is 32.3 Å². The van der Waals surface area contributed by atoms with Crippen LogP contribution in [0.2, 0.25) is 0 Å². The SMILES string of the molecule is CCOP(=O)(OCC)C(CCCc1ccc(-c2ccccc2)cc1)C(=O)O. The third kappa shape index (κ3) is 6.03. The van der Waals surface area contributed by atoms with Gasteiger partial charge in [0.1, 0.15) is 0 Å². The molecule has 1 atom stereocenters. The fourth-order valence-electron chi connectivity index (χ4n) is 2.99. The number of hydrogen-bond donors (Lipinski definition) is 1. The van der Waals surface area contributed by atoms with E-state index in [2.05, 4.69) is 24.3 Å². The van der Waals surface area contributed by atoms with Crippen LogP contribution in [0, 0.1) is 0 Å². The van der Waals surface area contributed by atoms with Crippen molar-refractivity contribution in [2.75, 3.05) is 13.2 Å². The van der Waals surface area contributed by atoms with E-state index in [-0.39, 0.29) is 19.6 Å². The monoisotopic (exact) mass is 390 g/mol. The van der Waals surface area contributed by atoms with Gasteiger partial charge in [0.05, 0.1) is 13.2 Å². The predicted octanol–water partition coefficient (Wildman–Crippen LogP) is 5.40. The Hall–Kier alpha value is -1.94. The van der Waals surface area contributed by atoms with Crippen LogP contribution in [-0.4, -0.2) is 29.9 Å². The lowest BCUT2D eigenvalue weighted by atomic mass is 10.0. The van der Waals surface area contributed by atoms with Crippen molar-refractivity contribution in [2.45, 2.75) is 38.8 Å². The van der Waals surface area contributed by atoms with Gasteiger partial charge >= 0.3 is 13.6 Å². The topological polar surface area (TPSA) is 72.8 Å². The summed E-state index contributed by atoms with van der Waals surface area (Å²) in [7, 11) is -3.65. The fourth-order valence-corrected chi connectivity index (χ4v) is 4.91. The summed E-state index contributed by atoms with van der Waals surface area (Å²) in [5.41, 5.74) is 2.27. The van der Waals surface area contributed by atoms with Crippen molar-refractivity contribution in [3.05, 3.63) is 60.2 Å². The molecule has 0 aliphatic rings. The standard InChI is InChI=1S/C21H27O5P/c1-3-25-27(24,26-4-2)20(21(22)23)12-8-9-17-13-15-19(16-14-17)18-10-6-5-7-11-18/h5-7,10-11,13-16,20H,3-4,8-9,12H2,1-2H3,(H,22,23). The normalized spacial score (nSPS) is 12.7. The van der Waals surface area contributed by atoms with Crippen molar-refractivity contribution < 1.29 is 23.5 Å². The third-order valence-electron chi connectivity index (χ3n) is 4.29. The van der Waals surface area contributed by atoms with E-state index in [1.807, 2.05) is 30.3 Å². The maximum Gasteiger partial charge on any atom is 0.344 e. The van der Waals surface area contributed by atoms with Gasteiger partial charge < -0.3 is 14.2 Å². The van der Waals surface area contributed by atoms with Crippen molar-refractivity contribution in [3.63, 3.8) is 0 Å². The first-order valence-electron chi connectivity index (χ1n) is 9.26. The second-order valence-electron chi connectivity index (χ2n) is 6.18. The summed E-state index contributed by atoms with van der Waals surface area (Å²) in [6.45, 7) is 3.67. The lowest BCUT2D eigenvalue weighted by Crippen LogP contribution is -2.23. The maximum atomic E-state index is 12.8. The molecule has 1 N–H and O–H groups in total. The van der Waals surface area contributed by atoms with E-state index < -0.39 is 19.2 Å². The summed E-state index contributed by atoms with van der Waals surface area (Å²) < 4.78 is 23.2. The van der Waals surface area contributed by atoms with Crippen molar-refractivity contribution in [2.24, 2.45) is 0 Å². The second kappa shape index (κ2) is 10.4.